The standard InChI is InChI=1S/C18H32BNO2/c1-18(2,3)22-17(21)20-11-10-14(13-20)12-19-15-6-4-7-16(19)9-5-8-15/h14-16H,4-13H2,1-3H3. The molecule has 0 aromatic carbocycles. The van der Waals surface area contributed by atoms with Gasteiger partial charge in [-0.15, -0.1) is 0 Å². The normalized spacial score (nSPS) is 32.2. The molecule has 124 valence electrons. The minimum absolute atomic E-state index is 0.112. The molecule has 0 saturated carbocycles. The van der Waals surface area contributed by atoms with Crippen molar-refractivity contribution in [1.82, 2.24) is 4.90 Å². The molecule has 0 aromatic rings. The lowest BCUT2D eigenvalue weighted by molar-refractivity contribution is 0.0289. The Morgan fingerprint density at radius 1 is 1.09 bits per heavy atom. The summed E-state index contributed by atoms with van der Waals surface area (Å²) < 4.78 is 5.52. The van der Waals surface area contributed by atoms with Crippen molar-refractivity contribution >= 4 is 12.8 Å². The van der Waals surface area contributed by atoms with Gasteiger partial charge in [0, 0.05) is 13.1 Å². The van der Waals surface area contributed by atoms with E-state index in [2.05, 4.69) is 0 Å². The van der Waals surface area contributed by atoms with Gasteiger partial charge in [0.1, 0.15) is 12.3 Å². The molecule has 3 heterocycles. The van der Waals surface area contributed by atoms with Gasteiger partial charge in [-0.2, -0.15) is 0 Å². The van der Waals surface area contributed by atoms with Crippen LogP contribution in [0, 0.1) is 5.92 Å². The van der Waals surface area contributed by atoms with E-state index < -0.39 is 0 Å². The summed E-state index contributed by atoms with van der Waals surface area (Å²) in [4.78, 5) is 14.1. The number of hydrogen-bond donors (Lipinski definition) is 0. The van der Waals surface area contributed by atoms with E-state index in [4.69, 9.17) is 4.74 Å². The molecule has 0 spiro atoms. The summed E-state index contributed by atoms with van der Waals surface area (Å²) in [5.74, 6) is 2.69. The third-order valence-corrected chi connectivity index (χ3v) is 6.05. The first-order valence-electron chi connectivity index (χ1n) is 9.40. The summed E-state index contributed by atoms with van der Waals surface area (Å²) in [7, 11) is 0. The van der Waals surface area contributed by atoms with Gasteiger partial charge in [-0.1, -0.05) is 56.5 Å². The number of amides is 1. The van der Waals surface area contributed by atoms with E-state index in [0.29, 0.717) is 5.92 Å². The summed E-state index contributed by atoms with van der Waals surface area (Å²) >= 11 is 0. The number of hydrogen-bond acceptors (Lipinski definition) is 2. The zero-order valence-electron chi connectivity index (χ0n) is 14.6. The van der Waals surface area contributed by atoms with Crippen LogP contribution in [0.5, 0.6) is 0 Å². The molecule has 1 atom stereocenters. The van der Waals surface area contributed by atoms with Crippen molar-refractivity contribution in [1.29, 1.82) is 0 Å². The molecule has 3 nitrogen and oxygen atoms in total. The predicted octanol–water partition coefficient (Wildman–Crippen LogP) is 4.85. The number of rotatable bonds is 2. The fourth-order valence-corrected chi connectivity index (χ4v) is 5.10. The second kappa shape index (κ2) is 6.45. The maximum absolute atomic E-state index is 12.2. The van der Waals surface area contributed by atoms with Gasteiger partial charge < -0.3 is 9.64 Å². The first-order valence-corrected chi connectivity index (χ1v) is 9.40. The Morgan fingerprint density at radius 3 is 2.23 bits per heavy atom. The van der Waals surface area contributed by atoms with Crippen molar-refractivity contribution in [2.75, 3.05) is 13.1 Å². The van der Waals surface area contributed by atoms with Crippen LogP contribution in [-0.4, -0.2) is 36.4 Å². The highest BCUT2D eigenvalue weighted by molar-refractivity contribution is 6.62. The van der Waals surface area contributed by atoms with Crippen LogP contribution < -0.4 is 0 Å². The Labute approximate surface area is 136 Å². The average Bonchev–Trinajstić information content (AvgIpc) is 2.85. The van der Waals surface area contributed by atoms with E-state index in [-0.39, 0.29) is 11.7 Å². The highest BCUT2D eigenvalue weighted by Gasteiger charge is 2.41. The fourth-order valence-electron chi connectivity index (χ4n) is 5.10. The lowest BCUT2D eigenvalue weighted by atomic mass is 9.25. The molecule has 0 aliphatic carbocycles. The van der Waals surface area contributed by atoms with Crippen molar-refractivity contribution in [3.05, 3.63) is 0 Å². The molecule has 3 fully saturated rings. The smallest absolute Gasteiger partial charge is 0.410 e. The number of ether oxygens (including phenoxy) is 1. The first kappa shape index (κ1) is 16.2. The van der Waals surface area contributed by atoms with Gasteiger partial charge in [-0.05, 0) is 33.1 Å². The molecular weight excluding hydrogens is 273 g/mol. The predicted molar refractivity (Wildman–Crippen MR) is 91.7 cm³/mol. The van der Waals surface area contributed by atoms with Gasteiger partial charge in [0.2, 0.25) is 0 Å². The molecule has 1 amide bonds. The van der Waals surface area contributed by atoms with Gasteiger partial charge in [0.25, 0.3) is 0 Å². The number of likely N-dealkylation sites (tertiary alicyclic amines) is 1. The lowest BCUT2D eigenvalue weighted by Gasteiger charge is -2.41. The highest BCUT2D eigenvalue weighted by Crippen LogP contribution is 2.49. The summed E-state index contributed by atoms with van der Waals surface area (Å²) in [5.41, 5.74) is -0.379. The minimum atomic E-state index is -0.379. The highest BCUT2D eigenvalue weighted by atomic mass is 16.6. The zero-order chi connectivity index (χ0) is 15.7. The van der Waals surface area contributed by atoms with Crippen LogP contribution in [0.3, 0.4) is 0 Å². The molecule has 0 radical (unpaired) electrons. The van der Waals surface area contributed by atoms with Crippen LogP contribution in [0.4, 0.5) is 4.79 Å². The van der Waals surface area contributed by atoms with E-state index in [1.54, 1.807) is 0 Å². The van der Waals surface area contributed by atoms with Crippen LogP contribution in [0.1, 0.15) is 65.7 Å². The Kier molecular flexibility index (Phi) is 4.75. The van der Waals surface area contributed by atoms with Crippen LogP contribution in [-0.2, 0) is 4.74 Å². The summed E-state index contributed by atoms with van der Waals surface area (Å²) in [6, 6.07) is 0. The van der Waals surface area contributed by atoms with E-state index in [9.17, 15) is 4.79 Å². The second-order valence-corrected chi connectivity index (χ2v) is 8.86. The maximum atomic E-state index is 12.2. The van der Waals surface area contributed by atoms with E-state index in [1.807, 2.05) is 25.7 Å². The summed E-state index contributed by atoms with van der Waals surface area (Å²) in [6.45, 7) is 8.60. The molecule has 0 aromatic heterocycles. The zero-order valence-corrected chi connectivity index (χ0v) is 14.6. The molecule has 3 aliphatic rings. The molecule has 0 N–H and O–H groups in total. The van der Waals surface area contributed by atoms with Crippen molar-refractivity contribution in [2.45, 2.75) is 89.3 Å². The Hall–Kier alpha value is -0.665. The van der Waals surface area contributed by atoms with Crippen molar-refractivity contribution in [3.63, 3.8) is 0 Å². The first-order chi connectivity index (χ1) is 10.4. The Bertz CT molecular complexity index is 384. The number of carbonyl (C=O) groups is 1. The van der Waals surface area contributed by atoms with Crippen LogP contribution in [0.2, 0.25) is 18.0 Å². The summed E-state index contributed by atoms with van der Waals surface area (Å²) in [6.07, 6.45) is 11.2. The van der Waals surface area contributed by atoms with Gasteiger partial charge in [0.05, 0.1) is 0 Å². The quantitative estimate of drug-likeness (QED) is 0.683. The Morgan fingerprint density at radius 2 is 1.68 bits per heavy atom. The molecule has 3 aliphatic heterocycles. The molecule has 2 bridgehead atoms. The van der Waals surface area contributed by atoms with Crippen molar-refractivity contribution in [2.24, 2.45) is 5.92 Å². The largest absolute Gasteiger partial charge is 0.444 e. The lowest BCUT2D eigenvalue weighted by Crippen LogP contribution is -2.37. The Balaban J connectivity index is 1.51. The van der Waals surface area contributed by atoms with Crippen molar-refractivity contribution < 1.29 is 9.53 Å². The SMILES string of the molecule is CC(C)(C)OC(=O)N1CCC(CB2C3CCCC2CCC3)C1. The summed E-state index contributed by atoms with van der Waals surface area (Å²) in [5, 5.41) is 0. The molecule has 1 unspecified atom stereocenters. The van der Waals surface area contributed by atoms with E-state index in [1.165, 1.54) is 51.3 Å². The molecule has 3 rings (SSSR count). The topological polar surface area (TPSA) is 29.5 Å². The number of fused-ring (bicyclic) bond motifs is 2. The van der Waals surface area contributed by atoms with E-state index >= 15 is 0 Å². The third kappa shape index (κ3) is 3.80. The van der Waals surface area contributed by atoms with E-state index in [0.717, 1.165) is 31.4 Å². The minimum Gasteiger partial charge on any atom is -0.444 e. The fraction of sp³-hybridized carbons (Fsp3) is 0.944. The third-order valence-electron chi connectivity index (χ3n) is 6.05. The second-order valence-electron chi connectivity index (χ2n) is 8.86. The molecule has 4 heteroatoms. The maximum Gasteiger partial charge on any atom is 0.410 e. The molecule has 22 heavy (non-hydrogen) atoms. The van der Waals surface area contributed by atoms with Crippen LogP contribution in [0.25, 0.3) is 0 Å². The number of nitrogens with zero attached hydrogens (tertiary/aromatic N) is 1. The van der Waals surface area contributed by atoms with Crippen molar-refractivity contribution in [3.8, 4) is 0 Å². The molecular formula is C18H32BNO2. The molecule has 3 saturated heterocycles. The average molecular weight is 305 g/mol. The van der Waals surface area contributed by atoms with Gasteiger partial charge in [-0.3, -0.25) is 0 Å². The van der Waals surface area contributed by atoms with Gasteiger partial charge >= 0.3 is 6.09 Å². The number of carbonyl (C=O) groups excluding carboxylic acids is 1. The van der Waals surface area contributed by atoms with Gasteiger partial charge in [0.15, 0.2) is 0 Å². The van der Waals surface area contributed by atoms with Gasteiger partial charge in [-0.25, -0.2) is 4.79 Å². The monoisotopic (exact) mass is 305 g/mol. The van der Waals surface area contributed by atoms with Crippen LogP contribution in [0.15, 0.2) is 0 Å². The van der Waals surface area contributed by atoms with Crippen LogP contribution >= 0.6 is 0 Å².